The van der Waals surface area contributed by atoms with Gasteiger partial charge in [0.25, 0.3) is 5.91 Å². The van der Waals surface area contributed by atoms with Crippen LogP contribution in [0.2, 0.25) is 0 Å². The average molecular weight is 282 g/mol. The number of amides is 1. The first-order valence-electron chi connectivity index (χ1n) is 6.28. The molecule has 1 aliphatic heterocycles. The minimum Gasteiger partial charge on any atom is -0.339 e. The Bertz CT molecular complexity index is 540. The number of halogens is 3. The van der Waals surface area contributed by atoms with Crippen molar-refractivity contribution >= 4 is 5.91 Å². The number of carbonyl (C=O) groups is 1. The van der Waals surface area contributed by atoms with Crippen LogP contribution in [0.5, 0.6) is 0 Å². The highest BCUT2D eigenvalue weighted by Gasteiger charge is 2.41. The molecule has 0 unspecified atom stereocenters. The third kappa shape index (κ3) is 3.10. The van der Waals surface area contributed by atoms with Crippen molar-refractivity contribution in [3.8, 4) is 6.07 Å². The fourth-order valence-electron chi connectivity index (χ4n) is 2.31. The highest BCUT2D eigenvalue weighted by atomic mass is 19.4. The van der Waals surface area contributed by atoms with E-state index in [1.807, 2.05) is 6.07 Å². The molecule has 1 aromatic rings. The summed E-state index contributed by atoms with van der Waals surface area (Å²) in [5, 5.41) is 8.78. The minimum absolute atomic E-state index is 0.0623. The molecular formula is C14H13F3N2O. The number of alkyl halides is 3. The molecule has 1 saturated heterocycles. The van der Waals surface area contributed by atoms with Crippen LogP contribution in [-0.4, -0.2) is 30.1 Å². The van der Waals surface area contributed by atoms with E-state index in [1.54, 1.807) is 18.2 Å². The van der Waals surface area contributed by atoms with Crippen LogP contribution in [0.3, 0.4) is 0 Å². The quantitative estimate of drug-likeness (QED) is 0.794. The summed E-state index contributed by atoms with van der Waals surface area (Å²) in [6.45, 7) is 0.194. The van der Waals surface area contributed by atoms with Crippen LogP contribution in [-0.2, 0) is 0 Å². The molecule has 0 aromatic heterocycles. The van der Waals surface area contributed by atoms with E-state index >= 15 is 0 Å². The van der Waals surface area contributed by atoms with E-state index in [2.05, 4.69) is 0 Å². The van der Waals surface area contributed by atoms with E-state index in [0.717, 1.165) is 0 Å². The first-order chi connectivity index (χ1) is 9.41. The molecule has 0 bridgehead atoms. The predicted molar refractivity (Wildman–Crippen MR) is 65.8 cm³/mol. The molecule has 3 nitrogen and oxygen atoms in total. The lowest BCUT2D eigenvalue weighted by Gasteiger charge is -2.33. The van der Waals surface area contributed by atoms with Gasteiger partial charge in [-0.05, 0) is 31.0 Å². The van der Waals surface area contributed by atoms with Gasteiger partial charge in [0.1, 0.15) is 0 Å². The number of benzene rings is 1. The van der Waals surface area contributed by atoms with Gasteiger partial charge in [0, 0.05) is 18.7 Å². The summed E-state index contributed by atoms with van der Waals surface area (Å²) in [5.41, 5.74) is 0.704. The molecule has 1 aliphatic rings. The molecule has 6 heteroatoms. The Morgan fingerprint density at radius 3 is 2.50 bits per heavy atom. The number of piperidine rings is 1. The maximum absolute atomic E-state index is 12.6. The molecule has 1 amide bonds. The fourth-order valence-corrected chi connectivity index (χ4v) is 2.31. The molecule has 0 aliphatic carbocycles. The van der Waals surface area contributed by atoms with E-state index in [1.165, 1.54) is 11.0 Å². The lowest BCUT2D eigenvalue weighted by atomic mass is 9.95. The van der Waals surface area contributed by atoms with Crippen molar-refractivity contribution in [2.45, 2.75) is 19.0 Å². The number of hydrogen-bond donors (Lipinski definition) is 0. The summed E-state index contributed by atoms with van der Waals surface area (Å²) in [4.78, 5) is 13.6. The molecule has 1 aromatic carbocycles. The van der Waals surface area contributed by atoms with Crippen molar-refractivity contribution in [3.05, 3.63) is 35.4 Å². The van der Waals surface area contributed by atoms with Crippen molar-refractivity contribution in [2.75, 3.05) is 13.1 Å². The molecule has 0 N–H and O–H groups in total. The first kappa shape index (κ1) is 14.4. The zero-order valence-corrected chi connectivity index (χ0v) is 10.7. The van der Waals surface area contributed by atoms with Gasteiger partial charge in [-0.3, -0.25) is 4.79 Å². The molecular weight excluding hydrogens is 269 g/mol. The molecule has 20 heavy (non-hydrogen) atoms. The molecule has 2 rings (SSSR count). The summed E-state index contributed by atoms with van der Waals surface area (Å²) >= 11 is 0. The van der Waals surface area contributed by atoms with Crippen LogP contribution >= 0.6 is 0 Å². The first-order valence-corrected chi connectivity index (χ1v) is 6.28. The summed E-state index contributed by atoms with van der Waals surface area (Å²) < 4.78 is 37.7. The number of likely N-dealkylation sites (tertiary alicyclic amines) is 1. The zero-order valence-electron chi connectivity index (χ0n) is 10.7. The standard InChI is InChI=1S/C14H13F3N2O/c15-14(16,17)12-4-6-19(7-5-12)13(20)11-3-1-2-10(8-11)9-18/h1-3,8,12H,4-7H2. The largest absolute Gasteiger partial charge is 0.391 e. The highest BCUT2D eigenvalue weighted by molar-refractivity contribution is 5.94. The summed E-state index contributed by atoms with van der Waals surface area (Å²) in [6.07, 6.45) is -4.31. The van der Waals surface area contributed by atoms with Crippen LogP contribution in [0, 0.1) is 17.2 Å². The van der Waals surface area contributed by atoms with Crippen molar-refractivity contribution < 1.29 is 18.0 Å². The van der Waals surface area contributed by atoms with Crippen molar-refractivity contribution in [3.63, 3.8) is 0 Å². The molecule has 106 valence electrons. The van der Waals surface area contributed by atoms with Gasteiger partial charge in [-0.1, -0.05) is 6.07 Å². The number of hydrogen-bond acceptors (Lipinski definition) is 2. The summed E-state index contributed by atoms with van der Waals surface area (Å²) in [6, 6.07) is 8.13. The second-order valence-electron chi connectivity index (χ2n) is 4.80. The Hall–Kier alpha value is -2.03. The molecule has 0 spiro atoms. The summed E-state index contributed by atoms with van der Waals surface area (Å²) in [7, 11) is 0. The van der Waals surface area contributed by atoms with Gasteiger partial charge in [-0.2, -0.15) is 18.4 Å². The van der Waals surface area contributed by atoms with E-state index < -0.39 is 12.1 Å². The Morgan fingerprint density at radius 1 is 1.30 bits per heavy atom. The highest BCUT2D eigenvalue weighted by Crippen LogP contribution is 2.34. The van der Waals surface area contributed by atoms with Gasteiger partial charge in [-0.15, -0.1) is 0 Å². The predicted octanol–water partition coefficient (Wildman–Crippen LogP) is 2.97. The van der Waals surface area contributed by atoms with E-state index in [0.29, 0.717) is 11.1 Å². The topological polar surface area (TPSA) is 44.1 Å². The van der Waals surface area contributed by atoms with Gasteiger partial charge in [-0.25, -0.2) is 0 Å². The molecule has 1 fully saturated rings. The fraction of sp³-hybridized carbons (Fsp3) is 0.429. The Balaban J connectivity index is 2.03. The normalized spacial score (nSPS) is 16.8. The monoisotopic (exact) mass is 282 g/mol. The van der Waals surface area contributed by atoms with Gasteiger partial charge >= 0.3 is 6.18 Å². The van der Waals surface area contributed by atoms with Crippen LogP contribution in [0.1, 0.15) is 28.8 Å². The van der Waals surface area contributed by atoms with Crippen molar-refractivity contribution in [2.24, 2.45) is 5.92 Å². The maximum atomic E-state index is 12.6. The molecule has 0 saturated carbocycles. The summed E-state index contributed by atoms with van der Waals surface area (Å²) in [5.74, 6) is -1.64. The van der Waals surface area contributed by atoms with E-state index in [4.69, 9.17) is 5.26 Å². The second kappa shape index (κ2) is 5.53. The van der Waals surface area contributed by atoms with Gasteiger partial charge in [0.05, 0.1) is 17.6 Å². The van der Waals surface area contributed by atoms with Crippen molar-refractivity contribution in [1.82, 2.24) is 4.90 Å². The smallest absolute Gasteiger partial charge is 0.339 e. The van der Waals surface area contributed by atoms with Crippen LogP contribution in [0.15, 0.2) is 24.3 Å². The van der Waals surface area contributed by atoms with Gasteiger partial charge in [0.2, 0.25) is 0 Å². The van der Waals surface area contributed by atoms with Gasteiger partial charge < -0.3 is 4.90 Å². The SMILES string of the molecule is N#Cc1cccc(C(=O)N2CCC(C(F)(F)F)CC2)c1. The van der Waals surface area contributed by atoms with Crippen LogP contribution < -0.4 is 0 Å². The van der Waals surface area contributed by atoms with Crippen molar-refractivity contribution in [1.29, 1.82) is 5.26 Å². The minimum atomic E-state index is -4.18. The number of carbonyl (C=O) groups excluding carboxylic acids is 1. The van der Waals surface area contributed by atoms with Crippen LogP contribution in [0.25, 0.3) is 0 Å². The molecule has 0 radical (unpaired) electrons. The van der Waals surface area contributed by atoms with Gasteiger partial charge in [0.15, 0.2) is 0 Å². The Kier molecular flexibility index (Phi) is 3.98. The van der Waals surface area contributed by atoms with E-state index in [9.17, 15) is 18.0 Å². The Labute approximate surface area is 114 Å². The second-order valence-corrected chi connectivity index (χ2v) is 4.80. The third-order valence-corrected chi connectivity index (χ3v) is 3.48. The number of nitrogens with zero attached hydrogens (tertiary/aromatic N) is 2. The number of nitriles is 1. The zero-order chi connectivity index (χ0) is 14.8. The maximum Gasteiger partial charge on any atom is 0.391 e. The molecule has 1 heterocycles. The Morgan fingerprint density at radius 2 is 1.95 bits per heavy atom. The molecule has 0 atom stereocenters. The third-order valence-electron chi connectivity index (χ3n) is 3.48. The lowest BCUT2D eigenvalue weighted by molar-refractivity contribution is -0.183. The van der Waals surface area contributed by atoms with E-state index in [-0.39, 0.29) is 31.8 Å². The average Bonchev–Trinajstić information content (AvgIpc) is 2.46. The lowest BCUT2D eigenvalue weighted by Crippen LogP contribution is -2.42. The van der Waals surface area contributed by atoms with Crippen LogP contribution in [0.4, 0.5) is 13.2 Å². The number of rotatable bonds is 1.